The molecule has 4 aromatic rings. The van der Waals surface area contributed by atoms with Gasteiger partial charge in [0.25, 0.3) is 5.91 Å². The molecule has 5 rings (SSSR count). The Kier molecular flexibility index (Phi) is 6.12. The van der Waals surface area contributed by atoms with Gasteiger partial charge in [-0.3, -0.25) is 4.79 Å². The van der Waals surface area contributed by atoms with E-state index in [0.29, 0.717) is 19.1 Å². The molecule has 1 aliphatic rings. The minimum atomic E-state index is -0.764. The summed E-state index contributed by atoms with van der Waals surface area (Å²) in [7, 11) is 0. The fourth-order valence-electron chi connectivity index (χ4n) is 4.74. The Labute approximate surface area is 208 Å². The topological polar surface area (TPSA) is 73.5 Å². The lowest BCUT2D eigenvalue weighted by Crippen LogP contribution is -2.25. The zero-order chi connectivity index (χ0) is 25.6. The van der Waals surface area contributed by atoms with Crippen LogP contribution in [0.1, 0.15) is 61.0 Å². The Bertz CT molecular complexity index is 1440. The zero-order valence-corrected chi connectivity index (χ0v) is 20.8. The number of nitrogens with zero attached hydrogens (tertiary/aromatic N) is 4. The van der Waals surface area contributed by atoms with Crippen LogP contribution >= 0.6 is 0 Å². The van der Waals surface area contributed by atoms with Gasteiger partial charge in [-0.05, 0) is 86.9 Å². The maximum absolute atomic E-state index is 14.9. The summed E-state index contributed by atoms with van der Waals surface area (Å²) >= 11 is 0. The number of carbonyl (C=O) groups is 1. The summed E-state index contributed by atoms with van der Waals surface area (Å²) in [5.74, 6) is -1.81. The van der Waals surface area contributed by atoms with Gasteiger partial charge in [-0.1, -0.05) is 0 Å². The molecule has 1 aliphatic heterocycles. The molecule has 4 heterocycles. The molecule has 1 N–H and O–H groups in total. The molecule has 0 atom stereocenters. The molecule has 1 aromatic carbocycles. The van der Waals surface area contributed by atoms with Gasteiger partial charge in [-0.25, -0.2) is 14.1 Å². The summed E-state index contributed by atoms with van der Waals surface area (Å²) in [6, 6.07) is 5.07. The first kappa shape index (κ1) is 24.1. The van der Waals surface area contributed by atoms with Crippen molar-refractivity contribution < 1.29 is 18.3 Å². The summed E-state index contributed by atoms with van der Waals surface area (Å²) in [6.45, 7) is 8.57. The Morgan fingerprint density at radius 1 is 1.17 bits per heavy atom. The first-order valence-electron chi connectivity index (χ1n) is 12.0. The molecular weight excluding hydrogens is 464 g/mol. The van der Waals surface area contributed by atoms with Crippen LogP contribution in [0.15, 0.2) is 43.0 Å². The first-order valence-corrected chi connectivity index (χ1v) is 12.0. The highest BCUT2D eigenvalue weighted by atomic mass is 19.1. The second kappa shape index (κ2) is 9.13. The SMILES string of the molecule is Cc1cc(F)c(NC(=O)c2cnn(C(C)(C)C)c2F)cc1-c1cc(C2CCOCC2)c2nccn2c1. The van der Waals surface area contributed by atoms with E-state index in [0.717, 1.165) is 51.6 Å². The molecular formula is C27H29F2N5O2. The molecule has 0 bridgehead atoms. The van der Waals surface area contributed by atoms with E-state index in [4.69, 9.17) is 4.74 Å². The maximum atomic E-state index is 14.9. The van der Waals surface area contributed by atoms with E-state index in [1.807, 2.05) is 23.7 Å². The normalized spacial score (nSPS) is 14.9. The Hall–Kier alpha value is -3.59. The third-order valence-electron chi connectivity index (χ3n) is 6.64. The number of aryl methyl sites for hydroxylation is 1. The first-order chi connectivity index (χ1) is 17.1. The number of anilines is 1. The van der Waals surface area contributed by atoms with Gasteiger partial charge in [0.05, 0.1) is 17.4 Å². The van der Waals surface area contributed by atoms with Gasteiger partial charge in [-0.15, -0.1) is 0 Å². The fourth-order valence-corrected chi connectivity index (χ4v) is 4.74. The largest absolute Gasteiger partial charge is 0.381 e. The number of rotatable bonds is 4. The van der Waals surface area contributed by atoms with Crippen LogP contribution in [0.2, 0.25) is 0 Å². The van der Waals surface area contributed by atoms with Crippen molar-refractivity contribution in [2.24, 2.45) is 0 Å². The van der Waals surface area contributed by atoms with Gasteiger partial charge in [0, 0.05) is 31.8 Å². The average molecular weight is 494 g/mol. The zero-order valence-electron chi connectivity index (χ0n) is 20.8. The van der Waals surface area contributed by atoms with Gasteiger partial charge in [0.2, 0.25) is 5.95 Å². The fraction of sp³-hybridized carbons (Fsp3) is 0.370. The van der Waals surface area contributed by atoms with Gasteiger partial charge < -0.3 is 14.5 Å². The second-order valence-corrected chi connectivity index (χ2v) is 10.3. The van der Waals surface area contributed by atoms with E-state index in [-0.39, 0.29) is 11.3 Å². The van der Waals surface area contributed by atoms with Gasteiger partial charge in [0.15, 0.2) is 0 Å². The lowest BCUT2D eigenvalue weighted by atomic mass is 9.90. The number of fused-ring (bicyclic) bond motifs is 1. The van der Waals surface area contributed by atoms with Crippen LogP contribution in [0.4, 0.5) is 14.5 Å². The number of ether oxygens (including phenoxy) is 1. The molecule has 1 amide bonds. The van der Waals surface area contributed by atoms with Crippen LogP contribution in [0, 0.1) is 18.7 Å². The molecule has 7 nitrogen and oxygen atoms in total. The standard InChI is InChI=1S/C27H29F2N5O2/c1-16-11-22(28)23(32-26(35)21-14-31-34(24(21)29)27(2,3)4)13-19(16)18-12-20(17-5-9-36-10-6-17)25-30-7-8-33(25)15-18/h7-8,11-15,17H,5-6,9-10H2,1-4H3,(H,32,35). The smallest absolute Gasteiger partial charge is 0.262 e. The predicted octanol–water partition coefficient (Wildman–Crippen LogP) is 5.69. The number of hydrogen-bond donors (Lipinski definition) is 1. The molecule has 1 saturated heterocycles. The van der Waals surface area contributed by atoms with E-state index < -0.39 is 23.2 Å². The molecule has 0 spiro atoms. The van der Waals surface area contributed by atoms with Crippen molar-refractivity contribution in [3.8, 4) is 11.1 Å². The number of nitrogens with one attached hydrogen (secondary N) is 1. The minimum absolute atomic E-state index is 0.0261. The van der Waals surface area contributed by atoms with Crippen molar-refractivity contribution in [1.82, 2.24) is 19.2 Å². The lowest BCUT2D eigenvalue weighted by molar-refractivity contribution is 0.0855. The van der Waals surface area contributed by atoms with E-state index >= 15 is 0 Å². The highest BCUT2D eigenvalue weighted by Crippen LogP contribution is 2.35. The second-order valence-electron chi connectivity index (χ2n) is 10.3. The maximum Gasteiger partial charge on any atom is 0.262 e. The molecule has 0 aliphatic carbocycles. The Morgan fingerprint density at radius 2 is 1.92 bits per heavy atom. The molecule has 0 saturated carbocycles. The highest BCUT2D eigenvalue weighted by molar-refractivity contribution is 6.04. The van der Waals surface area contributed by atoms with E-state index in [1.54, 1.807) is 33.0 Å². The summed E-state index contributed by atoms with van der Waals surface area (Å²) in [5, 5.41) is 6.54. The van der Waals surface area contributed by atoms with Crippen molar-refractivity contribution in [2.75, 3.05) is 18.5 Å². The van der Waals surface area contributed by atoms with E-state index in [1.165, 1.54) is 6.07 Å². The van der Waals surface area contributed by atoms with Crippen LogP contribution in [-0.4, -0.2) is 38.3 Å². The number of hydrogen-bond acceptors (Lipinski definition) is 4. The summed E-state index contributed by atoms with van der Waals surface area (Å²) < 4.78 is 38.4. The van der Waals surface area contributed by atoms with Gasteiger partial charge >= 0.3 is 0 Å². The lowest BCUT2D eigenvalue weighted by Gasteiger charge is -2.23. The van der Waals surface area contributed by atoms with Crippen molar-refractivity contribution in [2.45, 2.75) is 52.0 Å². The van der Waals surface area contributed by atoms with Crippen LogP contribution < -0.4 is 5.32 Å². The number of pyridine rings is 1. The quantitative estimate of drug-likeness (QED) is 0.397. The summed E-state index contributed by atoms with van der Waals surface area (Å²) in [4.78, 5) is 17.4. The molecule has 188 valence electrons. The molecule has 9 heteroatoms. The highest BCUT2D eigenvalue weighted by Gasteiger charge is 2.26. The van der Waals surface area contributed by atoms with Crippen molar-refractivity contribution in [1.29, 1.82) is 0 Å². The van der Waals surface area contributed by atoms with E-state index in [2.05, 4.69) is 21.5 Å². The van der Waals surface area contributed by atoms with Crippen molar-refractivity contribution >= 4 is 17.2 Å². The Morgan fingerprint density at radius 3 is 2.61 bits per heavy atom. The monoisotopic (exact) mass is 493 g/mol. The van der Waals surface area contributed by atoms with Gasteiger partial charge in [-0.2, -0.15) is 9.49 Å². The third kappa shape index (κ3) is 4.39. The van der Waals surface area contributed by atoms with Crippen LogP contribution in [0.5, 0.6) is 0 Å². The van der Waals surface area contributed by atoms with Gasteiger partial charge in [0.1, 0.15) is 17.0 Å². The number of aromatic nitrogens is 4. The summed E-state index contributed by atoms with van der Waals surface area (Å²) in [6.07, 6.45) is 8.57. The van der Waals surface area contributed by atoms with Crippen LogP contribution in [0.25, 0.3) is 16.8 Å². The third-order valence-corrected chi connectivity index (χ3v) is 6.64. The minimum Gasteiger partial charge on any atom is -0.381 e. The number of benzene rings is 1. The molecule has 3 aromatic heterocycles. The average Bonchev–Trinajstić information content (AvgIpc) is 3.47. The molecule has 0 unspecified atom stereocenters. The molecule has 36 heavy (non-hydrogen) atoms. The number of amides is 1. The number of halogens is 2. The molecule has 0 radical (unpaired) electrons. The van der Waals surface area contributed by atoms with Crippen LogP contribution in [0.3, 0.4) is 0 Å². The number of imidazole rings is 1. The van der Waals surface area contributed by atoms with Crippen molar-refractivity contribution in [3.05, 3.63) is 71.4 Å². The Balaban J connectivity index is 1.52. The predicted molar refractivity (Wildman–Crippen MR) is 133 cm³/mol. The summed E-state index contributed by atoms with van der Waals surface area (Å²) in [5.41, 5.74) is 3.46. The van der Waals surface area contributed by atoms with Crippen LogP contribution in [-0.2, 0) is 10.3 Å². The van der Waals surface area contributed by atoms with Crippen molar-refractivity contribution in [3.63, 3.8) is 0 Å². The van der Waals surface area contributed by atoms with E-state index in [9.17, 15) is 13.6 Å². The number of carbonyl (C=O) groups excluding carboxylic acids is 1. The molecule has 1 fully saturated rings.